The van der Waals surface area contributed by atoms with E-state index in [0.29, 0.717) is 0 Å². The van der Waals surface area contributed by atoms with Crippen LogP contribution < -0.4 is 10.6 Å². The van der Waals surface area contributed by atoms with Crippen molar-refractivity contribution < 1.29 is 4.79 Å². The number of fused-ring (bicyclic) bond motifs is 1. The Morgan fingerprint density at radius 3 is 2.44 bits per heavy atom. The van der Waals surface area contributed by atoms with Gasteiger partial charge in [-0.1, -0.05) is 42.5 Å². The minimum absolute atomic E-state index is 0.0470. The number of carbonyl (C=O) groups is 1. The Balaban J connectivity index is 1.55. The summed E-state index contributed by atoms with van der Waals surface area (Å²) in [7, 11) is 0. The van der Waals surface area contributed by atoms with Crippen LogP contribution in [0.2, 0.25) is 0 Å². The van der Waals surface area contributed by atoms with Crippen molar-refractivity contribution in [1.29, 1.82) is 0 Å². The van der Waals surface area contributed by atoms with E-state index in [1.54, 1.807) is 12.4 Å². The van der Waals surface area contributed by atoms with Crippen molar-refractivity contribution in [3.05, 3.63) is 78.1 Å². The highest BCUT2D eigenvalue weighted by molar-refractivity contribution is 5.83. The van der Waals surface area contributed by atoms with Crippen molar-refractivity contribution >= 4 is 16.8 Å². The predicted octanol–water partition coefficient (Wildman–Crippen LogP) is 4.23. The summed E-state index contributed by atoms with van der Waals surface area (Å²) in [5.74, 6) is 0. The van der Waals surface area contributed by atoms with Gasteiger partial charge in [-0.2, -0.15) is 0 Å². The first kappa shape index (κ1) is 17.0. The molecule has 4 heteroatoms. The van der Waals surface area contributed by atoms with Crippen LogP contribution in [0, 0.1) is 0 Å². The van der Waals surface area contributed by atoms with Crippen LogP contribution in [-0.4, -0.2) is 17.1 Å². The minimum Gasteiger partial charge on any atom is -0.335 e. The second-order valence-electron chi connectivity index (χ2n) is 6.41. The molecule has 4 nitrogen and oxygen atoms in total. The number of carbonyl (C=O) groups excluding carboxylic acids is 1. The zero-order chi connectivity index (χ0) is 17.6. The Morgan fingerprint density at radius 1 is 0.960 bits per heavy atom. The molecule has 3 aromatic rings. The molecule has 25 heavy (non-hydrogen) atoms. The molecule has 2 N–H and O–H groups in total. The topological polar surface area (TPSA) is 54.0 Å². The third-order valence-electron chi connectivity index (χ3n) is 4.29. The van der Waals surface area contributed by atoms with Gasteiger partial charge in [-0.3, -0.25) is 4.98 Å². The van der Waals surface area contributed by atoms with Gasteiger partial charge in [-0.25, -0.2) is 4.79 Å². The van der Waals surface area contributed by atoms with Gasteiger partial charge in [0.1, 0.15) is 0 Å². The number of nitrogens with zero attached hydrogens (tertiary/aromatic N) is 1. The third kappa shape index (κ3) is 4.57. The quantitative estimate of drug-likeness (QED) is 0.734. The van der Waals surface area contributed by atoms with Gasteiger partial charge in [-0.15, -0.1) is 0 Å². The summed E-state index contributed by atoms with van der Waals surface area (Å²) >= 11 is 0. The smallest absolute Gasteiger partial charge is 0.315 e. The van der Waals surface area contributed by atoms with E-state index in [1.807, 2.05) is 38.1 Å². The van der Waals surface area contributed by atoms with E-state index in [4.69, 9.17) is 0 Å². The van der Waals surface area contributed by atoms with Gasteiger partial charge in [0.15, 0.2) is 0 Å². The lowest BCUT2D eigenvalue weighted by Gasteiger charge is -2.18. The standard InChI is InChI=1S/C21H23N3O/c1-15(13-17-7-8-19-5-3-4-6-20(19)14-17)23-21(25)24-16(2)18-9-11-22-12-10-18/h3-12,14-16H,13H2,1-2H3,(H2,23,24,25). The molecule has 2 amide bonds. The van der Waals surface area contributed by atoms with Gasteiger partial charge in [0, 0.05) is 18.4 Å². The molecule has 0 aliphatic rings. The lowest BCUT2D eigenvalue weighted by atomic mass is 10.0. The van der Waals surface area contributed by atoms with E-state index in [1.165, 1.54) is 16.3 Å². The third-order valence-corrected chi connectivity index (χ3v) is 4.29. The summed E-state index contributed by atoms with van der Waals surface area (Å²) in [6, 6.07) is 18.4. The van der Waals surface area contributed by atoms with E-state index in [0.717, 1.165) is 12.0 Å². The fraction of sp³-hybridized carbons (Fsp3) is 0.238. The van der Waals surface area contributed by atoms with Crippen molar-refractivity contribution in [1.82, 2.24) is 15.6 Å². The summed E-state index contributed by atoms with van der Waals surface area (Å²) in [4.78, 5) is 16.2. The van der Waals surface area contributed by atoms with Crippen LogP contribution in [0.3, 0.4) is 0 Å². The van der Waals surface area contributed by atoms with Crippen LogP contribution >= 0.6 is 0 Å². The van der Waals surface area contributed by atoms with Crippen LogP contribution in [0.4, 0.5) is 4.79 Å². The summed E-state index contributed by atoms with van der Waals surface area (Å²) in [5.41, 5.74) is 2.25. The molecule has 2 aromatic carbocycles. The van der Waals surface area contributed by atoms with Crippen molar-refractivity contribution in [3.63, 3.8) is 0 Å². The number of nitrogens with one attached hydrogen (secondary N) is 2. The molecule has 0 fully saturated rings. The number of hydrogen-bond donors (Lipinski definition) is 2. The van der Waals surface area contributed by atoms with E-state index < -0.39 is 0 Å². The number of pyridine rings is 1. The Kier molecular flexibility index (Phi) is 5.29. The van der Waals surface area contributed by atoms with E-state index in [9.17, 15) is 4.79 Å². The molecule has 2 atom stereocenters. The number of hydrogen-bond acceptors (Lipinski definition) is 2. The van der Waals surface area contributed by atoms with Gasteiger partial charge >= 0.3 is 6.03 Å². The fourth-order valence-corrected chi connectivity index (χ4v) is 2.97. The second-order valence-corrected chi connectivity index (χ2v) is 6.41. The molecule has 0 bridgehead atoms. The molecule has 0 saturated carbocycles. The first-order chi connectivity index (χ1) is 12.1. The molecule has 0 aliphatic carbocycles. The Morgan fingerprint density at radius 2 is 1.68 bits per heavy atom. The highest BCUT2D eigenvalue weighted by Crippen LogP contribution is 2.16. The average molecular weight is 333 g/mol. The number of urea groups is 1. The van der Waals surface area contributed by atoms with Gasteiger partial charge in [0.05, 0.1) is 6.04 Å². The van der Waals surface area contributed by atoms with Crippen LogP contribution in [0.1, 0.15) is 31.0 Å². The summed E-state index contributed by atoms with van der Waals surface area (Å²) in [6.45, 7) is 3.98. The number of aromatic nitrogens is 1. The molecule has 1 aromatic heterocycles. The van der Waals surface area contributed by atoms with E-state index in [-0.39, 0.29) is 18.1 Å². The predicted molar refractivity (Wildman–Crippen MR) is 101 cm³/mol. The number of amides is 2. The maximum Gasteiger partial charge on any atom is 0.315 e. The molecule has 3 rings (SSSR count). The maximum atomic E-state index is 12.2. The first-order valence-corrected chi connectivity index (χ1v) is 8.56. The zero-order valence-electron chi connectivity index (χ0n) is 14.6. The largest absolute Gasteiger partial charge is 0.335 e. The summed E-state index contributed by atoms with van der Waals surface area (Å²) in [6.07, 6.45) is 4.25. The Hall–Kier alpha value is -2.88. The molecule has 1 heterocycles. The maximum absolute atomic E-state index is 12.2. The molecule has 0 radical (unpaired) electrons. The molecule has 128 valence electrons. The van der Waals surface area contributed by atoms with Gasteiger partial charge in [0.25, 0.3) is 0 Å². The highest BCUT2D eigenvalue weighted by Gasteiger charge is 2.12. The molecule has 0 saturated heterocycles. The lowest BCUT2D eigenvalue weighted by molar-refractivity contribution is 0.234. The van der Waals surface area contributed by atoms with Crippen LogP contribution in [-0.2, 0) is 6.42 Å². The lowest BCUT2D eigenvalue weighted by Crippen LogP contribution is -2.42. The van der Waals surface area contributed by atoms with Crippen LogP contribution in [0.25, 0.3) is 10.8 Å². The van der Waals surface area contributed by atoms with Crippen LogP contribution in [0.5, 0.6) is 0 Å². The Labute approximate surface area is 148 Å². The van der Waals surface area contributed by atoms with Crippen molar-refractivity contribution in [3.8, 4) is 0 Å². The average Bonchev–Trinajstić information content (AvgIpc) is 2.62. The van der Waals surface area contributed by atoms with Gasteiger partial charge in [0.2, 0.25) is 0 Å². The highest BCUT2D eigenvalue weighted by atomic mass is 16.2. The van der Waals surface area contributed by atoms with Crippen molar-refractivity contribution in [2.24, 2.45) is 0 Å². The zero-order valence-corrected chi connectivity index (χ0v) is 14.6. The monoisotopic (exact) mass is 333 g/mol. The molecule has 0 aliphatic heterocycles. The number of benzene rings is 2. The Bertz CT molecular complexity index is 848. The van der Waals surface area contributed by atoms with Gasteiger partial charge in [-0.05, 0) is 54.3 Å². The van der Waals surface area contributed by atoms with Crippen molar-refractivity contribution in [2.45, 2.75) is 32.4 Å². The van der Waals surface area contributed by atoms with Crippen LogP contribution in [0.15, 0.2) is 67.0 Å². The molecular formula is C21H23N3O. The SMILES string of the molecule is CC(Cc1ccc2ccccc2c1)NC(=O)NC(C)c1ccncc1. The minimum atomic E-state index is -0.155. The normalized spacial score (nSPS) is 13.2. The second kappa shape index (κ2) is 7.79. The molecular weight excluding hydrogens is 310 g/mol. The number of rotatable bonds is 5. The summed E-state index contributed by atoms with van der Waals surface area (Å²) < 4.78 is 0. The first-order valence-electron chi connectivity index (χ1n) is 8.56. The molecule has 0 spiro atoms. The van der Waals surface area contributed by atoms with E-state index >= 15 is 0 Å². The molecule has 2 unspecified atom stereocenters. The fourth-order valence-electron chi connectivity index (χ4n) is 2.97. The van der Waals surface area contributed by atoms with Gasteiger partial charge < -0.3 is 10.6 Å². The van der Waals surface area contributed by atoms with E-state index in [2.05, 4.69) is 45.9 Å². The summed E-state index contributed by atoms with van der Waals surface area (Å²) in [5, 5.41) is 8.43. The van der Waals surface area contributed by atoms with Crippen molar-refractivity contribution in [2.75, 3.05) is 0 Å².